The minimum absolute atomic E-state index is 0.554. The van der Waals surface area contributed by atoms with Gasteiger partial charge in [-0.05, 0) is 21.9 Å². The molecule has 2 nitrogen and oxygen atoms in total. The third-order valence-electron chi connectivity index (χ3n) is 0.768. The largest absolute Gasteiger partial charge is 0.245 e. The SMILES string of the molecule is C#Cc1cnc(Br)cn1. The first kappa shape index (κ1) is 6.24. The van der Waals surface area contributed by atoms with Crippen LogP contribution in [0.3, 0.4) is 0 Å². The Hall–Kier alpha value is -0.880. The Bertz CT molecular complexity index is 234. The van der Waals surface area contributed by atoms with Gasteiger partial charge in [-0.3, -0.25) is 0 Å². The molecule has 0 aliphatic carbocycles. The number of terminal acetylenes is 1. The summed E-state index contributed by atoms with van der Waals surface area (Å²) >= 11 is 3.13. The maximum absolute atomic E-state index is 5.03. The lowest BCUT2D eigenvalue weighted by molar-refractivity contribution is 1.14. The smallest absolute Gasteiger partial charge is 0.131 e. The fourth-order valence-corrected chi connectivity index (χ4v) is 0.592. The van der Waals surface area contributed by atoms with Crippen molar-refractivity contribution < 1.29 is 0 Å². The summed E-state index contributed by atoms with van der Waals surface area (Å²) in [6.07, 6.45) is 8.13. The molecule has 0 N–H and O–H groups in total. The van der Waals surface area contributed by atoms with E-state index < -0.39 is 0 Å². The van der Waals surface area contributed by atoms with Gasteiger partial charge in [-0.2, -0.15) is 0 Å². The molecule has 0 atom stereocenters. The van der Waals surface area contributed by atoms with Crippen LogP contribution in [-0.4, -0.2) is 9.97 Å². The first-order valence-electron chi connectivity index (χ1n) is 2.27. The summed E-state index contributed by atoms with van der Waals surface area (Å²) in [5, 5.41) is 0. The van der Waals surface area contributed by atoms with E-state index >= 15 is 0 Å². The molecule has 44 valence electrons. The average Bonchev–Trinajstić information content (AvgIpc) is 1.90. The number of nitrogens with zero attached hydrogens (tertiary/aromatic N) is 2. The highest BCUT2D eigenvalue weighted by molar-refractivity contribution is 9.10. The van der Waals surface area contributed by atoms with Crippen LogP contribution in [0.5, 0.6) is 0 Å². The summed E-state index contributed by atoms with van der Waals surface area (Å²) in [6.45, 7) is 0. The van der Waals surface area contributed by atoms with Gasteiger partial charge in [0.05, 0.1) is 12.4 Å². The van der Waals surface area contributed by atoms with Crippen molar-refractivity contribution in [2.45, 2.75) is 0 Å². The Labute approximate surface area is 61.5 Å². The lowest BCUT2D eigenvalue weighted by atomic mass is 10.5. The van der Waals surface area contributed by atoms with E-state index in [1.54, 1.807) is 6.20 Å². The number of aromatic nitrogens is 2. The van der Waals surface area contributed by atoms with Crippen molar-refractivity contribution in [1.29, 1.82) is 0 Å². The first-order chi connectivity index (χ1) is 4.33. The fourth-order valence-electron chi connectivity index (χ4n) is 0.387. The molecule has 0 radical (unpaired) electrons. The van der Waals surface area contributed by atoms with Crippen molar-refractivity contribution in [2.75, 3.05) is 0 Å². The highest BCUT2D eigenvalue weighted by Gasteiger charge is 1.87. The fraction of sp³-hybridized carbons (Fsp3) is 0. The zero-order chi connectivity index (χ0) is 6.69. The summed E-state index contributed by atoms with van der Waals surface area (Å²) < 4.78 is 0.696. The van der Waals surface area contributed by atoms with Gasteiger partial charge in [0.2, 0.25) is 0 Å². The van der Waals surface area contributed by atoms with E-state index in [2.05, 4.69) is 31.8 Å². The third-order valence-corrected chi connectivity index (χ3v) is 1.18. The van der Waals surface area contributed by atoms with Gasteiger partial charge in [-0.1, -0.05) is 0 Å². The van der Waals surface area contributed by atoms with Crippen LogP contribution in [0.1, 0.15) is 5.69 Å². The lowest BCUT2D eigenvalue weighted by Gasteiger charge is -1.86. The van der Waals surface area contributed by atoms with E-state index in [1.165, 1.54) is 6.20 Å². The van der Waals surface area contributed by atoms with Gasteiger partial charge < -0.3 is 0 Å². The Kier molecular flexibility index (Phi) is 1.81. The minimum atomic E-state index is 0.554. The zero-order valence-electron chi connectivity index (χ0n) is 4.50. The summed E-state index contributed by atoms with van der Waals surface area (Å²) in [7, 11) is 0. The van der Waals surface area contributed by atoms with Crippen molar-refractivity contribution >= 4 is 15.9 Å². The Morgan fingerprint density at radius 2 is 2.22 bits per heavy atom. The molecule has 0 aliphatic heterocycles. The highest BCUT2D eigenvalue weighted by Crippen LogP contribution is 2.00. The second kappa shape index (κ2) is 2.60. The molecule has 3 heteroatoms. The number of hydrogen-bond acceptors (Lipinski definition) is 2. The van der Waals surface area contributed by atoms with Gasteiger partial charge in [-0.25, -0.2) is 9.97 Å². The summed E-state index contributed by atoms with van der Waals surface area (Å²) in [5.74, 6) is 2.36. The van der Waals surface area contributed by atoms with Gasteiger partial charge in [0.1, 0.15) is 10.3 Å². The van der Waals surface area contributed by atoms with E-state index in [0.717, 1.165) is 0 Å². The molecular weight excluding hydrogens is 180 g/mol. The molecule has 1 aromatic rings. The van der Waals surface area contributed by atoms with Crippen LogP contribution in [0.25, 0.3) is 0 Å². The second-order valence-corrected chi connectivity index (χ2v) is 2.18. The van der Waals surface area contributed by atoms with Gasteiger partial charge in [0, 0.05) is 0 Å². The first-order valence-corrected chi connectivity index (χ1v) is 3.06. The predicted octanol–water partition coefficient (Wildman–Crippen LogP) is 1.22. The average molecular weight is 183 g/mol. The monoisotopic (exact) mass is 182 g/mol. The van der Waals surface area contributed by atoms with Crippen LogP contribution < -0.4 is 0 Å². The van der Waals surface area contributed by atoms with Crippen LogP contribution in [0.4, 0.5) is 0 Å². The molecular formula is C6H3BrN2. The molecule has 0 unspecified atom stereocenters. The van der Waals surface area contributed by atoms with Gasteiger partial charge in [0.15, 0.2) is 0 Å². The molecule has 0 aromatic carbocycles. The highest BCUT2D eigenvalue weighted by atomic mass is 79.9. The Morgan fingerprint density at radius 1 is 1.44 bits per heavy atom. The van der Waals surface area contributed by atoms with Gasteiger partial charge in [-0.15, -0.1) is 6.42 Å². The van der Waals surface area contributed by atoms with Crippen molar-refractivity contribution in [1.82, 2.24) is 9.97 Å². The Morgan fingerprint density at radius 3 is 2.67 bits per heavy atom. The quantitative estimate of drug-likeness (QED) is 0.565. The Balaban J connectivity index is 3.06. The standard InChI is InChI=1S/C6H3BrN2/c1-2-5-3-9-6(7)4-8-5/h1,3-4H. The van der Waals surface area contributed by atoms with E-state index in [9.17, 15) is 0 Å². The molecule has 0 bridgehead atoms. The topological polar surface area (TPSA) is 25.8 Å². The minimum Gasteiger partial charge on any atom is -0.245 e. The van der Waals surface area contributed by atoms with Crippen molar-refractivity contribution in [3.8, 4) is 12.3 Å². The molecule has 9 heavy (non-hydrogen) atoms. The maximum atomic E-state index is 5.03. The molecule has 0 fully saturated rings. The van der Waals surface area contributed by atoms with Crippen molar-refractivity contribution in [3.63, 3.8) is 0 Å². The van der Waals surface area contributed by atoms with Crippen molar-refractivity contribution in [2.24, 2.45) is 0 Å². The van der Waals surface area contributed by atoms with Crippen LogP contribution in [0.2, 0.25) is 0 Å². The summed E-state index contributed by atoms with van der Waals surface area (Å²) in [5.41, 5.74) is 0.554. The molecule has 0 aliphatic rings. The maximum Gasteiger partial charge on any atom is 0.131 e. The van der Waals surface area contributed by atoms with E-state index in [1.807, 2.05) is 0 Å². The lowest BCUT2D eigenvalue weighted by Crippen LogP contribution is -1.82. The van der Waals surface area contributed by atoms with E-state index in [4.69, 9.17) is 6.42 Å². The molecule has 1 aromatic heterocycles. The molecule has 1 heterocycles. The van der Waals surface area contributed by atoms with Crippen LogP contribution in [-0.2, 0) is 0 Å². The zero-order valence-corrected chi connectivity index (χ0v) is 6.09. The second-order valence-electron chi connectivity index (χ2n) is 1.37. The van der Waals surface area contributed by atoms with Crippen LogP contribution in [0.15, 0.2) is 17.0 Å². The van der Waals surface area contributed by atoms with E-state index in [-0.39, 0.29) is 0 Å². The molecule has 0 saturated heterocycles. The molecule has 0 saturated carbocycles. The van der Waals surface area contributed by atoms with E-state index in [0.29, 0.717) is 10.3 Å². The number of halogens is 1. The predicted molar refractivity (Wildman–Crippen MR) is 37.7 cm³/mol. The number of hydrogen-bond donors (Lipinski definition) is 0. The summed E-state index contributed by atoms with van der Waals surface area (Å²) in [6, 6.07) is 0. The van der Waals surface area contributed by atoms with Gasteiger partial charge >= 0.3 is 0 Å². The van der Waals surface area contributed by atoms with Crippen molar-refractivity contribution in [3.05, 3.63) is 22.7 Å². The van der Waals surface area contributed by atoms with Crippen LogP contribution >= 0.6 is 15.9 Å². The summed E-state index contributed by atoms with van der Waals surface area (Å²) in [4.78, 5) is 7.71. The normalized spacial score (nSPS) is 8.44. The number of rotatable bonds is 0. The molecule has 0 spiro atoms. The van der Waals surface area contributed by atoms with Crippen LogP contribution in [0, 0.1) is 12.3 Å². The molecule has 1 rings (SSSR count). The third kappa shape index (κ3) is 1.51. The van der Waals surface area contributed by atoms with Gasteiger partial charge in [0.25, 0.3) is 0 Å². The molecule has 0 amide bonds.